The number of aromatic nitrogens is 2. The maximum atomic E-state index is 12.8. The Balaban J connectivity index is 1.77. The lowest BCUT2D eigenvalue weighted by molar-refractivity contribution is -0.384. The smallest absolute Gasteiger partial charge is 0.323 e. The molecule has 0 saturated heterocycles. The molecule has 156 valence electrons. The highest BCUT2D eigenvalue weighted by atomic mass is 35.5. The molecule has 0 aliphatic rings. The zero-order valence-corrected chi connectivity index (χ0v) is 16.7. The van der Waals surface area contributed by atoms with Crippen LogP contribution in [-0.2, 0) is 4.79 Å². The Morgan fingerprint density at radius 2 is 1.80 bits per heavy atom. The van der Waals surface area contributed by atoms with E-state index in [4.69, 9.17) is 11.6 Å². The monoisotopic (exact) mass is 431 g/mol. The van der Waals surface area contributed by atoms with Gasteiger partial charge in [0.05, 0.1) is 26.5 Å². The molecule has 11 heteroatoms. The number of rotatable bonds is 6. The summed E-state index contributed by atoms with van der Waals surface area (Å²) in [6, 6.07) is 7.44. The lowest BCUT2D eigenvalue weighted by atomic mass is 10.0. The van der Waals surface area contributed by atoms with E-state index in [1.54, 1.807) is 32.0 Å². The average Bonchev–Trinajstić information content (AvgIpc) is 3.04. The zero-order valence-electron chi connectivity index (χ0n) is 16.0. The molecule has 2 amide bonds. The quantitative estimate of drug-likeness (QED) is 0.349. The predicted molar refractivity (Wildman–Crippen MR) is 112 cm³/mol. The first-order valence-electron chi connectivity index (χ1n) is 8.93. The average molecular weight is 432 g/mol. The van der Waals surface area contributed by atoms with Crippen LogP contribution in [0.2, 0.25) is 5.02 Å². The van der Waals surface area contributed by atoms with Crippen molar-refractivity contribution in [2.45, 2.75) is 19.9 Å². The van der Waals surface area contributed by atoms with Gasteiger partial charge in [0.1, 0.15) is 6.04 Å². The van der Waals surface area contributed by atoms with E-state index in [0.717, 1.165) is 12.1 Å². The van der Waals surface area contributed by atoms with Gasteiger partial charge in [-0.25, -0.2) is 4.79 Å². The Morgan fingerprint density at radius 3 is 2.43 bits per heavy atom. The van der Waals surface area contributed by atoms with Crippen molar-refractivity contribution in [1.82, 2.24) is 15.3 Å². The van der Waals surface area contributed by atoms with Crippen LogP contribution in [0.5, 0.6) is 0 Å². The number of imidazole rings is 1. The van der Waals surface area contributed by atoms with Gasteiger partial charge in [0, 0.05) is 17.8 Å². The number of carbonyl (C=O) groups is 2. The number of nitro benzene ring substituents is 1. The van der Waals surface area contributed by atoms with Gasteiger partial charge >= 0.3 is 5.69 Å². The molecule has 3 aromatic rings. The molecule has 0 aliphatic carbocycles. The summed E-state index contributed by atoms with van der Waals surface area (Å²) in [7, 11) is 0. The van der Waals surface area contributed by atoms with Crippen LogP contribution in [0.3, 0.4) is 0 Å². The van der Waals surface area contributed by atoms with E-state index < -0.39 is 22.8 Å². The summed E-state index contributed by atoms with van der Waals surface area (Å²) in [6.07, 6.45) is 0. The number of carbonyl (C=O) groups excluding carboxylic acids is 2. The third-order valence-corrected chi connectivity index (χ3v) is 4.74. The van der Waals surface area contributed by atoms with Gasteiger partial charge in [-0.2, -0.15) is 0 Å². The number of H-pyrrole nitrogens is 2. The van der Waals surface area contributed by atoms with E-state index in [1.165, 1.54) is 6.07 Å². The Hall–Kier alpha value is -3.66. The zero-order chi connectivity index (χ0) is 22.0. The fourth-order valence-corrected chi connectivity index (χ4v) is 3.15. The number of nitrogens with one attached hydrogen (secondary N) is 4. The topological polar surface area (TPSA) is 150 Å². The number of benzene rings is 2. The number of non-ortho nitro benzene ring substituents is 1. The molecular formula is C19H18ClN5O5. The highest BCUT2D eigenvalue weighted by molar-refractivity contribution is 6.34. The Bertz CT molecular complexity index is 1200. The molecule has 4 N–H and O–H groups in total. The number of nitrogens with zero attached hydrogens (tertiary/aromatic N) is 1. The van der Waals surface area contributed by atoms with Gasteiger partial charge in [0.15, 0.2) is 0 Å². The second-order valence-electron chi connectivity index (χ2n) is 6.95. The van der Waals surface area contributed by atoms with E-state index >= 15 is 0 Å². The fraction of sp³-hybridized carbons (Fsp3) is 0.211. The van der Waals surface area contributed by atoms with Crippen molar-refractivity contribution in [3.63, 3.8) is 0 Å². The number of hydrogen-bond donors (Lipinski definition) is 4. The van der Waals surface area contributed by atoms with Crippen molar-refractivity contribution in [3.05, 3.63) is 67.6 Å². The van der Waals surface area contributed by atoms with Gasteiger partial charge in [-0.05, 0) is 30.2 Å². The minimum absolute atomic E-state index is 0.0204. The number of nitro groups is 1. The van der Waals surface area contributed by atoms with Crippen molar-refractivity contribution in [2.24, 2.45) is 5.92 Å². The number of hydrogen-bond acceptors (Lipinski definition) is 5. The minimum Gasteiger partial charge on any atom is -0.340 e. The van der Waals surface area contributed by atoms with Crippen LogP contribution in [0.15, 0.2) is 41.2 Å². The molecule has 0 aliphatic heterocycles. The molecule has 0 radical (unpaired) electrons. The lowest BCUT2D eigenvalue weighted by Crippen LogP contribution is -2.47. The number of aromatic amines is 2. The highest BCUT2D eigenvalue weighted by Crippen LogP contribution is 2.23. The number of amides is 2. The summed E-state index contributed by atoms with van der Waals surface area (Å²) >= 11 is 6.00. The normalized spacial score (nSPS) is 12.0. The van der Waals surface area contributed by atoms with Crippen molar-refractivity contribution in [1.29, 1.82) is 0 Å². The van der Waals surface area contributed by atoms with E-state index in [2.05, 4.69) is 20.6 Å². The molecule has 10 nitrogen and oxygen atoms in total. The first-order chi connectivity index (χ1) is 14.2. The van der Waals surface area contributed by atoms with Crippen LogP contribution in [0.4, 0.5) is 11.4 Å². The van der Waals surface area contributed by atoms with Crippen LogP contribution in [0.1, 0.15) is 24.2 Å². The van der Waals surface area contributed by atoms with Crippen molar-refractivity contribution < 1.29 is 14.5 Å². The fourth-order valence-electron chi connectivity index (χ4n) is 2.89. The summed E-state index contributed by atoms with van der Waals surface area (Å²) in [5.41, 5.74) is 0.983. The maximum Gasteiger partial charge on any atom is 0.323 e. The van der Waals surface area contributed by atoms with E-state index in [0.29, 0.717) is 16.7 Å². The Labute approximate surface area is 174 Å². The number of anilines is 1. The van der Waals surface area contributed by atoms with Gasteiger partial charge in [0.25, 0.3) is 11.6 Å². The first kappa shape index (κ1) is 21.1. The third kappa shape index (κ3) is 4.49. The van der Waals surface area contributed by atoms with Gasteiger partial charge in [-0.15, -0.1) is 0 Å². The molecule has 0 fully saturated rings. The molecule has 30 heavy (non-hydrogen) atoms. The second-order valence-corrected chi connectivity index (χ2v) is 7.35. The molecule has 0 spiro atoms. The van der Waals surface area contributed by atoms with Crippen LogP contribution in [0.25, 0.3) is 11.0 Å². The lowest BCUT2D eigenvalue weighted by Gasteiger charge is -2.22. The summed E-state index contributed by atoms with van der Waals surface area (Å²) in [5, 5.41) is 16.1. The summed E-state index contributed by atoms with van der Waals surface area (Å²) < 4.78 is 0. The molecule has 0 bridgehead atoms. The van der Waals surface area contributed by atoms with E-state index in [1.807, 2.05) is 0 Å². The molecular weight excluding hydrogens is 414 g/mol. The molecule has 3 rings (SSSR count). The second kappa shape index (κ2) is 8.37. The number of halogens is 1. The van der Waals surface area contributed by atoms with Crippen molar-refractivity contribution in [2.75, 3.05) is 5.32 Å². The van der Waals surface area contributed by atoms with Gasteiger partial charge in [0.2, 0.25) is 5.91 Å². The summed E-state index contributed by atoms with van der Waals surface area (Å²) in [4.78, 5) is 52.1. The van der Waals surface area contributed by atoms with Crippen molar-refractivity contribution in [3.8, 4) is 0 Å². The molecule has 1 atom stereocenters. The number of fused-ring (bicyclic) bond motifs is 1. The molecule has 1 aromatic heterocycles. The third-order valence-electron chi connectivity index (χ3n) is 4.43. The van der Waals surface area contributed by atoms with Crippen LogP contribution in [0, 0.1) is 16.0 Å². The minimum atomic E-state index is -0.898. The maximum absolute atomic E-state index is 12.8. The predicted octanol–water partition coefficient (Wildman–Crippen LogP) is 2.81. The van der Waals surface area contributed by atoms with Crippen molar-refractivity contribution >= 4 is 45.8 Å². The van der Waals surface area contributed by atoms with Crippen LogP contribution >= 0.6 is 11.6 Å². The first-order valence-corrected chi connectivity index (χ1v) is 9.31. The highest BCUT2D eigenvalue weighted by Gasteiger charge is 2.26. The Morgan fingerprint density at radius 1 is 1.10 bits per heavy atom. The van der Waals surface area contributed by atoms with E-state index in [9.17, 15) is 24.5 Å². The van der Waals surface area contributed by atoms with E-state index in [-0.39, 0.29) is 27.9 Å². The largest absolute Gasteiger partial charge is 0.340 e. The summed E-state index contributed by atoms with van der Waals surface area (Å²) in [6.45, 7) is 3.52. The van der Waals surface area contributed by atoms with Gasteiger partial charge in [-0.1, -0.05) is 25.4 Å². The van der Waals surface area contributed by atoms with Crippen LogP contribution in [-0.4, -0.2) is 32.7 Å². The van der Waals surface area contributed by atoms with Crippen LogP contribution < -0.4 is 16.3 Å². The molecule has 1 heterocycles. The molecule has 0 saturated carbocycles. The standard InChI is InChI=1S/C19H18ClN5O5/c1-9(2)16(24-17(26)12-5-4-11(25(29)30)8-13(12)20)18(27)21-10-3-6-14-15(7-10)23-19(28)22-14/h3-9,16H,1-2H3,(H,21,27)(H,24,26)(H2,22,23,28). The van der Waals surface area contributed by atoms with Gasteiger partial charge in [-0.3, -0.25) is 19.7 Å². The summed E-state index contributed by atoms with van der Waals surface area (Å²) in [5.74, 6) is -1.36. The van der Waals surface area contributed by atoms with Gasteiger partial charge < -0.3 is 20.6 Å². The Kier molecular flexibility index (Phi) is 5.88. The molecule has 2 aromatic carbocycles. The molecule has 1 unspecified atom stereocenters. The SMILES string of the molecule is CC(C)C(NC(=O)c1ccc([N+](=O)[O-])cc1Cl)C(=O)Nc1ccc2[nH]c(=O)[nH]c2c1.